The molecule has 90 valence electrons. The summed E-state index contributed by atoms with van der Waals surface area (Å²) in [6.45, 7) is 1.16. The first-order chi connectivity index (χ1) is 8.19. The first-order valence-electron chi connectivity index (χ1n) is 5.78. The zero-order chi connectivity index (χ0) is 11.9. The lowest BCUT2D eigenvalue weighted by Gasteiger charge is -2.40. The number of hydrogen-bond acceptors (Lipinski definition) is 3. The largest absolute Gasteiger partial charge is 0.484 e. The lowest BCUT2D eigenvalue weighted by atomic mass is 9.86. The molecule has 0 amide bonds. The first-order valence-corrected chi connectivity index (χ1v) is 5.78. The fraction of sp³-hybridized carbons (Fsp3) is 0.462. The number of rotatable bonds is 0. The van der Waals surface area contributed by atoms with Crippen LogP contribution >= 0.6 is 0 Å². The molecular weight excluding hydrogens is 223 g/mol. The van der Waals surface area contributed by atoms with E-state index in [4.69, 9.17) is 9.47 Å². The normalized spacial score (nSPS) is 27.7. The first kappa shape index (κ1) is 10.7. The van der Waals surface area contributed by atoms with E-state index in [-0.39, 0.29) is 12.2 Å². The van der Waals surface area contributed by atoms with Gasteiger partial charge in [0.2, 0.25) is 0 Å². The number of ether oxygens (including phenoxy) is 2. The number of hydrogen-bond donors (Lipinski definition) is 0. The SMILES string of the molecule is O=C1CC2(CCCOC2)Oc2ccc(F)cc21. The molecule has 17 heavy (non-hydrogen) atoms. The highest BCUT2D eigenvalue weighted by Crippen LogP contribution is 2.37. The summed E-state index contributed by atoms with van der Waals surface area (Å²) in [6.07, 6.45) is 1.99. The lowest BCUT2D eigenvalue weighted by Crippen LogP contribution is -2.48. The molecule has 3 nitrogen and oxygen atoms in total. The average molecular weight is 236 g/mol. The molecule has 0 aromatic heterocycles. The Morgan fingerprint density at radius 3 is 3.00 bits per heavy atom. The van der Waals surface area contributed by atoms with Gasteiger partial charge in [-0.15, -0.1) is 0 Å². The smallest absolute Gasteiger partial charge is 0.170 e. The molecule has 1 unspecified atom stereocenters. The van der Waals surface area contributed by atoms with Crippen molar-refractivity contribution >= 4 is 5.78 Å². The maximum absolute atomic E-state index is 13.1. The van der Waals surface area contributed by atoms with E-state index in [1.807, 2.05) is 0 Å². The van der Waals surface area contributed by atoms with Crippen LogP contribution in [0.25, 0.3) is 0 Å². The van der Waals surface area contributed by atoms with Gasteiger partial charge in [-0.05, 0) is 31.0 Å². The third-order valence-electron chi connectivity index (χ3n) is 3.34. The van der Waals surface area contributed by atoms with E-state index >= 15 is 0 Å². The van der Waals surface area contributed by atoms with E-state index in [0.29, 0.717) is 17.9 Å². The van der Waals surface area contributed by atoms with Crippen LogP contribution in [0.4, 0.5) is 4.39 Å². The van der Waals surface area contributed by atoms with Gasteiger partial charge >= 0.3 is 0 Å². The van der Waals surface area contributed by atoms with E-state index in [2.05, 4.69) is 0 Å². The number of ketones is 1. The van der Waals surface area contributed by atoms with Crippen molar-refractivity contribution < 1.29 is 18.7 Å². The van der Waals surface area contributed by atoms with Gasteiger partial charge in [0.05, 0.1) is 18.6 Å². The molecule has 0 N–H and O–H groups in total. The maximum atomic E-state index is 13.1. The minimum Gasteiger partial charge on any atom is -0.484 e. The van der Waals surface area contributed by atoms with Gasteiger partial charge < -0.3 is 9.47 Å². The summed E-state index contributed by atoms with van der Waals surface area (Å²) in [5.41, 5.74) is -0.179. The van der Waals surface area contributed by atoms with Crippen LogP contribution < -0.4 is 4.74 Å². The Balaban J connectivity index is 1.97. The van der Waals surface area contributed by atoms with Gasteiger partial charge in [-0.25, -0.2) is 4.39 Å². The van der Waals surface area contributed by atoms with Crippen LogP contribution in [-0.4, -0.2) is 24.6 Å². The van der Waals surface area contributed by atoms with Crippen LogP contribution in [0.2, 0.25) is 0 Å². The second kappa shape index (κ2) is 3.81. The Morgan fingerprint density at radius 2 is 2.24 bits per heavy atom. The number of fused-ring (bicyclic) bond motifs is 1. The van der Waals surface area contributed by atoms with Gasteiger partial charge in [0, 0.05) is 6.61 Å². The summed E-state index contributed by atoms with van der Waals surface area (Å²) < 4.78 is 24.3. The van der Waals surface area contributed by atoms with Gasteiger partial charge in [-0.1, -0.05) is 0 Å². The fourth-order valence-corrected chi connectivity index (χ4v) is 2.51. The highest BCUT2D eigenvalue weighted by Gasteiger charge is 2.42. The van der Waals surface area contributed by atoms with Crippen LogP contribution in [0.1, 0.15) is 29.6 Å². The van der Waals surface area contributed by atoms with Crippen LogP contribution in [0.15, 0.2) is 18.2 Å². The standard InChI is InChI=1S/C13H13FO3/c14-9-2-3-12-10(6-9)11(15)7-13(17-12)4-1-5-16-8-13/h2-3,6H,1,4-5,7-8H2. The van der Waals surface area contributed by atoms with Crippen molar-refractivity contribution in [3.63, 3.8) is 0 Å². The van der Waals surface area contributed by atoms with E-state index in [9.17, 15) is 9.18 Å². The number of halogens is 1. The number of carbonyl (C=O) groups is 1. The lowest BCUT2D eigenvalue weighted by molar-refractivity contribution is -0.0716. The molecule has 2 heterocycles. The molecule has 0 saturated carbocycles. The van der Waals surface area contributed by atoms with Gasteiger partial charge in [-0.2, -0.15) is 0 Å². The van der Waals surface area contributed by atoms with Crippen molar-refractivity contribution in [1.29, 1.82) is 0 Å². The molecule has 1 atom stereocenters. The molecule has 0 aliphatic carbocycles. The Bertz CT molecular complexity index is 464. The molecular formula is C13H13FO3. The third kappa shape index (κ3) is 1.82. The van der Waals surface area contributed by atoms with Gasteiger partial charge in [0.15, 0.2) is 5.78 Å². The van der Waals surface area contributed by atoms with Crippen molar-refractivity contribution in [1.82, 2.24) is 0 Å². The number of benzene rings is 1. The quantitative estimate of drug-likeness (QED) is 0.693. The molecule has 1 aromatic rings. The van der Waals surface area contributed by atoms with E-state index in [0.717, 1.165) is 19.4 Å². The molecule has 2 aliphatic rings. The Kier molecular flexibility index (Phi) is 2.40. The summed E-state index contributed by atoms with van der Waals surface area (Å²) in [7, 11) is 0. The molecule has 1 aromatic carbocycles. The van der Waals surface area contributed by atoms with Crippen molar-refractivity contribution in [2.24, 2.45) is 0 Å². The maximum Gasteiger partial charge on any atom is 0.170 e. The topological polar surface area (TPSA) is 35.5 Å². The summed E-state index contributed by atoms with van der Waals surface area (Å²) in [6, 6.07) is 4.08. The predicted octanol–water partition coefficient (Wildman–Crippen LogP) is 2.34. The Morgan fingerprint density at radius 1 is 1.35 bits per heavy atom. The van der Waals surface area contributed by atoms with Crippen LogP contribution in [-0.2, 0) is 4.74 Å². The molecule has 4 heteroatoms. The minimum atomic E-state index is -0.528. The van der Waals surface area contributed by atoms with E-state index in [1.54, 1.807) is 0 Å². The second-order valence-corrected chi connectivity index (χ2v) is 4.68. The van der Waals surface area contributed by atoms with Crippen LogP contribution in [0.3, 0.4) is 0 Å². The highest BCUT2D eigenvalue weighted by atomic mass is 19.1. The van der Waals surface area contributed by atoms with Crippen LogP contribution in [0, 0.1) is 5.82 Å². The predicted molar refractivity (Wildman–Crippen MR) is 58.8 cm³/mol. The Hall–Kier alpha value is -1.42. The second-order valence-electron chi connectivity index (χ2n) is 4.68. The minimum absolute atomic E-state index is 0.0590. The molecule has 1 saturated heterocycles. The third-order valence-corrected chi connectivity index (χ3v) is 3.34. The zero-order valence-corrected chi connectivity index (χ0v) is 9.37. The van der Waals surface area contributed by atoms with E-state index in [1.165, 1.54) is 18.2 Å². The highest BCUT2D eigenvalue weighted by molar-refractivity contribution is 6.00. The fourth-order valence-electron chi connectivity index (χ4n) is 2.51. The Labute approximate surface area is 98.5 Å². The van der Waals surface area contributed by atoms with Crippen LogP contribution in [0.5, 0.6) is 5.75 Å². The molecule has 1 spiro atoms. The van der Waals surface area contributed by atoms with Gasteiger partial charge in [0.1, 0.15) is 17.2 Å². The molecule has 0 bridgehead atoms. The molecule has 0 radical (unpaired) electrons. The molecule has 2 aliphatic heterocycles. The number of carbonyl (C=O) groups excluding carboxylic acids is 1. The zero-order valence-electron chi connectivity index (χ0n) is 9.37. The van der Waals surface area contributed by atoms with Crippen molar-refractivity contribution in [2.75, 3.05) is 13.2 Å². The number of Topliss-reactive ketones (excluding diaryl/α,β-unsaturated/α-hetero) is 1. The molecule has 1 fully saturated rings. The summed E-state index contributed by atoms with van der Waals surface area (Å²) in [5.74, 6) is 0.0148. The summed E-state index contributed by atoms with van der Waals surface area (Å²) in [5, 5.41) is 0. The molecule has 3 rings (SSSR count). The average Bonchev–Trinajstić information content (AvgIpc) is 2.31. The van der Waals surface area contributed by atoms with E-state index < -0.39 is 11.4 Å². The van der Waals surface area contributed by atoms with Crippen molar-refractivity contribution in [3.05, 3.63) is 29.6 Å². The van der Waals surface area contributed by atoms with Crippen molar-refractivity contribution in [2.45, 2.75) is 24.9 Å². The summed E-state index contributed by atoms with van der Waals surface area (Å²) >= 11 is 0. The monoisotopic (exact) mass is 236 g/mol. The van der Waals surface area contributed by atoms with Gasteiger partial charge in [0.25, 0.3) is 0 Å². The van der Waals surface area contributed by atoms with Crippen molar-refractivity contribution in [3.8, 4) is 5.75 Å². The van der Waals surface area contributed by atoms with Gasteiger partial charge in [-0.3, -0.25) is 4.79 Å². The summed E-state index contributed by atoms with van der Waals surface area (Å²) in [4.78, 5) is 12.0.